The largest absolute Gasteiger partial charge is 0.506 e. The normalized spacial score (nSPS) is 10.7. The van der Waals surface area contributed by atoms with Gasteiger partial charge in [-0.25, -0.2) is 4.79 Å². The maximum Gasteiger partial charge on any atom is 0.354 e. The molecule has 0 aliphatic carbocycles. The molecule has 2 aromatic rings. The van der Waals surface area contributed by atoms with Gasteiger partial charge < -0.3 is 14.8 Å². The molecule has 0 atom stereocenters. The zero-order chi connectivity index (χ0) is 11.9. The highest BCUT2D eigenvalue weighted by Gasteiger charge is 2.18. The number of aromatic nitrogens is 1. The molecule has 1 aromatic carbocycles. The summed E-state index contributed by atoms with van der Waals surface area (Å²) in [5.41, 5.74) is 1.72. The van der Waals surface area contributed by atoms with Crippen LogP contribution in [0.2, 0.25) is 5.02 Å². The van der Waals surface area contributed by atoms with Crippen LogP contribution in [0.25, 0.3) is 10.9 Å². The van der Waals surface area contributed by atoms with E-state index in [1.807, 2.05) is 0 Å². The number of aryl methyl sites for hydroxylation is 1. The number of carbonyl (C=O) groups excluding carboxylic acids is 1. The van der Waals surface area contributed by atoms with Crippen LogP contribution in [-0.4, -0.2) is 23.2 Å². The SMILES string of the molecule is COC(=O)c1[nH]c2ccc(O)c(Cl)c2c1C. The van der Waals surface area contributed by atoms with Crippen LogP contribution in [0.5, 0.6) is 5.75 Å². The number of fused-ring (bicyclic) bond motifs is 1. The molecule has 16 heavy (non-hydrogen) atoms. The molecule has 0 spiro atoms. The van der Waals surface area contributed by atoms with Crippen molar-refractivity contribution in [2.45, 2.75) is 6.92 Å². The number of esters is 1. The molecule has 0 saturated carbocycles. The summed E-state index contributed by atoms with van der Waals surface area (Å²) in [7, 11) is 1.31. The van der Waals surface area contributed by atoms with E-state index in [2.05, 4.69) is 9.72 Å². The van der Waals surface area contributed by atoms with Gasteiger partial charge >= 0.3 is 5.97 Å². The number of phenols is 1. The lowest BCUT2D eigenvalue weighted by Gasteiger charge is -1.99. The van der Waals surface area contributed by atoms with Gasteiger partial charge in [-0.15, -0.1) is 0 Å². The Kier molecular flexibility index (Phi) is 2.52. The first-order valence-corrected chi connectivity index (χ1v) is 5.02. The number of ether oxygens (including phenoxy) is 1. The van der Waals surface area contributed by atoms with Gasteiger partial charge in [0.05, 0.1) is 12.1 Å². The zero-order valence-corrected chi connectivity index (χ0v) is 9.55. The fourth-order valence-electron chi connectivity index (χ4n) is 1.70. The summed E-state index contributed by atoms with van der Waals surface area (Å²) >= 11 is 5.97. The minimum Gasteiger partial charge on any atom is -0.506 e. The third kappa shape index (κ3) is 1.42. The molecular weight excluding hydrogens is 230 g/mol. The molecule has 0 amide bonds. The van der Waals surface area contributed by atoms with Crippen molar-refractivity contribution >= 4 is 28.5 Å². The number of phenolic OH excluding ortho intramolecular Hbond substituents is 1. The number of rotatable bonds is 1. The molecule has 0 aliphatic heterocycles. The molecule has 0 radical (unpaired) electrons. The van der Waals surface area contributed by atoms with Crippen molar-refractivity contribution in [3.8, 4) is 5.75 Å². The maximum atomic E-state index is 11.4. The first-order chi connectivity index (χ1) is 7.56. The minimum absolute atomic E-state index is 0.00678. The molecular formula is C11H10ClNO3. The summed E-state index contributed by atoms with van der Waals surface area (Å²) in [5, 5.41) is 10.4. The lowest BCUT2D eigenvalue weighted by atomic mass is 10.1. The van der Waals surface area contributed by atoms with E-state index < -0.39 is 5.97 Å². The Labute approximate surface area is 96.8 Å². The number of halogens is 1. The molecule has 0 saturated heterocycles. The monoisotopic (exact) mass is 239 g/mol. The van der Waals surface area contributed by atoms with E-state index in [-0.39, 0.29) is 10.8 Å². The Balaban J connectivity index is 2.79. The summed E-state index contributed by atoms with van der Waals surface area (Å²) in [6, 6.07) is 3.14. The van der Waals surface area contributed by atoms with Crippen LogP contribution in [0.15, 0.2) is 12.1 Å². The number of aromatic amines is 1. The topological polar surface area (TPSA) is 62.3 Å². The van der Waals surface area contributed by atoms with Gasteiger partial charge in [0.2, 0.25) is 0 Å². The summed E-state index contributed by atoms with van der Waals surface area (Å²) in [6.45, 7) is 1.75. The zero-order valence-electron chi connectivity index (χ0n) is 8.80. The standard InChI is InChI=1S/C11H10ClNO3/c1-5-8-6(3-4-7(14)9(8)12)13-10(5)11(15)16-2/h3-4,13-14H,1-2H3. The van der Waals surface area contributed by atoms with Crippen molar-refractivity contribution in [1.82, 2.24) is 4.98 Å². The smallest absolute Gasteiger partial charge is 0.354 e. The lowest BCUT2D eigenvalue weighted by Crippen LogP contribution is -2.02. The number of hydrogen-bond acceptors (Lipinski definition) is 3. The van der Waals surface area contributed by atoms with E-state index in [0.29, 0.717) is 22.2 Å². The van der Waals surface area contributed by atoms with Crippen LogP contribution in [-0.2, 0) is 4.74 Å². The van der Waals surface area contributed by atoms with Crippen LogP contribution in [0.4, 0.5) is 0 Å². The van der Waals surface area contributed by atoms with Crippen LogP contribution in [0.1, 0.15) is 16.1 Å². The quantitative estimate of drug-likeness (QED) is 0.752. The molecule has 84 valence electrons. The van der Waals surface area contributed by atoms with Gasteiger partial charge in [0.15, 0.2) is 0 Å². The Morgan fingerprint density at radius 1 is 1.50 bits per heavy atom. The van der Waals surface area contributed by atoms with E-state index in [0.717, 1.165) is 0 Å². The van der Waals surface area contributed by atoms with E-state index in [1.54, 1.807) is 13.0 Å². The van der Waals surface area contributed by atoms with E-state index in [9.17, 15) is 9.90 Å². The first-order valence-electron chi connectivity index (χ1n) is 4.64. The number of methoxy groups -OCH3 is 1. The van der Waals surface area contributed by atoms with Crippen LogP contribution >= 0.6 is 11.6 Å². The van der Waals surface area contributed by atoms with Crippen LogP contribution in [0, 0.1) is 6.92 Å². The molecule has 0 unspecified atom stereocenters. The average Bonchev–Trinajstić information content (AvgIpc) is 2.61. The van der Waals surface area contributed by atoms with E-state index >= 15 is 0 Å². The number of H-pyrrole nitrogens is 1. The Bertz CT molecular complexity index is 574. The molecule has 0 fully saturated rings. The fourth-order valence-corrected chi connectivity index (χ4v) is 2.00. The molecule has 2 N–H and O–H groups in total. The van der Waals surface area contributed by atoms with Gasteiger partial charge in [-0.05, 0) is 24.6 Å². The average molecular weight is 240 g/mol. The molecule has 5 heteroatoms. The summed E-state index contributed by atoms with van der Waals surface area (Å²) in [6.07, 6.45) is 0. The van der Waals surface area contributed by atoms with Gasteiger partial charge in [-0.1, -0.05) is 11.6 Å². The number of benzene rings is 1. The molecule has 2 rings (SSSR count). The van der Waals surface area contributed by atoms with Crippen molar-refractivity contribution in [3.05, 3.63) is 28.4 Å². The van der Waals surface area contributed by atoms with Gasteiger partial charge in [-0.2, -0.15) is 0 Å². The Morgan fingerprint density at radius 2 is 2.19 bits per heavy atom. The van der Waals surface area contributed by atoms with E-state index in [4.69, 9.17) is 11.6 Å². The number of aromatic hydroxyl groups is 1. The Morgan fingerprint density at radius 3 is 2.81 bits per heavy atom. The second-order valence-corrected chi connectivity index (χ2v) is 3.82. The number of nitrogens with one attached hydrogen (secondary N) is 1. The highest BCUT2D eigenvalue weighted by molar-refractivity contribution is 6.37. The first kappa shape index (κ1) is 10.8. The van der Waals surface area contributed by atoms with Crippen LogP contribution in [0.3, 0.4) is 0 Å². The highest BCUT2D eigenvalue weighted by atomic mass is 35.5. The van der Waals surface area contributed by atoms with Crippen molar-refractivity contribution in [1.29, 1.82) is 0 Å². The third-order valence-corrected chi connectivity index (χ3v) is 2.90. The minimum atomic E-state index is -0.454. The van der Waals surface area contributed by atoms with E-state index in [1.165, 1.54) is 13.2 Å². The lowest BCUT2D eigenvalue weighted by molar-refractivity contribution is 0.0594. The van der Waals surface area contributed by atoms with Gasteiger partial charge in [0.1, 0.15) is 11.4 Å². The second-order valence-electron chi connectivity index (χ2n) is 3.44. The highest BCUT2D eigenvalue weighted by Crippen LogP contribution is 2.35. The van der Waals surface area contributed by atoms with Crippen molar-refractivity contribution < 1.29 is 14.6 Å². The molecule has 0 aliphatic rings. The van der Waals surface area contributed by atoms with Crippen LogP contribution < -0.4 is 0 Å². The number of carbonyl (C=O) groups is 1. The van der Waals surface area contributed by atoms with Crippen molar-refractivity contribution in [2.75, 3.05) is 7.11 Å². The summed E-state index contributed by atoms with van der Waals surface area (Å²) < 4.78 is 4.64. The number of hydrogen-bond donors (Lipinski definition) is 2. The predicted molar refractivity (Wildman–Crippen MR) is 61.1 cm³/mol. The van der Waals surface area contributed by atoms with Gasteiger partial charge in [-0.3, -0.25) is 0 Å². The van der Waals surface area contributed by atoms with Gasteiger partial charge in [0, 0.05) is 10.9 Å². The third-order valence-electron chi connectivity index (χ3n) is 2.52. The molecule has 1 heterocycles. The second kappa shape index (κ2) is 3.72. The Hall–Kier alpha value is -1.68. The summed E-state index contributed by atoms with van der Waals surface area (Å²) in [4.78, 5) is 14.4. The summed E-state index contributed by atoms with van der Waals surface area (Å²) in [5.74, 6) is -0.461. The fraction of sp³-hybridized carbons (Fsp3) is 0.182. The van der Waals surface area contributed by atoms with Crippen molar-refractivity contribution in [2.24, 2.45) is 0 Å². The van der Waals surface area contributed by atoms with Gasteiger partial charge in [0.25, 0.3) is 0 Å². The molecule has 4 nitrogen and oxygen atoms in total. The van der Waals surface area contributed by atoms with Crippen molar-refractivity contribution in [3.63, 3.8) is 0 Å². The molecule has 1 aromatic heterocycles. The molecule has 0 bridgehead atoms. The predicted octanol–water partition coefficient (Wildman–Crippen LogP) is 2.62. The maximum absolute atomic E-state index is 11.4.